The molecule has 3 aromatic rings. The molecule has 7 heteroatoms. The van der Waals surface area contributed by atoms with Gasteiger partial charge in [0.15, 0.2) is 0 Å². The summed E-state index contributed by atoms with van der Waals surface area (Å²) in [6.45, 7) is 0.596. The van der Waals surface area contributed by atoms with Crippen molar-refractivity contribution in [3.63, 3.8) is 0 Å². The maximum atomic E-state index is 9.04. The van der Waals surface area contributed by atoms with E-state index in [4.69, 9.17) is 14.4 Å². The van der Waals surface area contributed by atoms with Gasteiger partial charge in [-0.1, -0.05) is 48.7 Å². The number of nitrogens with zero attached hydrogens (tertiary/aromatic N) is 4. The second-order valence-corrected chi connectivity index (χ2v) is 7.27. The molecule has 0 bridgehead atoms. The molecule has 1 aromatic carbocycles. The van der Waals surface area contributed by atoms with Crippen molar-refractivity contribution < 1.29 is 14.4 Å². The zero-order valence-corrected chi connectivity index (χ0v) is 16.2. The summed E-state index contributed by atoms with van der Waals surface area (Å²) >= 11 is 0. The monoisotopic (exact) mass is 382 g/mol. The molecule has 0 spiro atoms. The molecular formula is C21H26N4O3. The van der Waals surface area contributed by atoms with Crippen LogP contribution in [0.25, 0.3) is 22.8 Å². The SMILES string of the molecule is COCc1c(-c2nc(-c3ccc(CCO)cc3)no2)cnn1C1CCCCC1. The molecule has 1 N–H and O–H groups in total. The summed E-state index contributed by atoms with van der Waals surface area (Å²) in [5, 5.41) is 17.8. The Kier molecular flexibility index (Phi) is 5.83. The van der Waals surface area contributed by atoms with Gasteiger partial charge in [0, 0.05) is 19.3 Å². The second kappa shape index (κ2) is 8.67. The minimum atomic E-state index is 0.138. The van der Waals surface area contributed by atoms with Crippen LogP contribution in [0.5, 0.6) is 0 Å². The molecule has 1 aliphatic carbocycles. The van der Waals surface area contributed by atoms with Gasteiger partial charge in [0.25, 0.3) is 5.89 Å². The maximum absolute atomic E-state index is 9.04. The lowest BCUT2D eigenvalue weighted by Crippen LogP contribution is -2.17. The van der Waals surface area contributed by atoms with Crippen LogP contribution in [0.2, 0.25) is 0 Å². The van der Waals surface area contributed by atoms with E-state index in [-0.39, 0.29) is 6.61 Å². The third-order valence-electron chi connectivity index (χ3n) is 5.37. The number of methoxy groups -OCH3 is 1. The lowest BCUT2D eigenvalue weighted by molar-refractivity contribution is 0.171. The van der Waals surface area contributed by atoms with Gasteiger partial charge in [0.05, 0.1) is 30.1 Å². The number of aliphatic hydroxyl groups is 1. The highest BCUT2D eigenvalue weighted by Crippen LogP contribution is 2.33. The predicted molar refractivity (Wildman–Crippen MR) is 105 cm³/mol. The number of aromatic nitrogens is 4. The fraction of sp³-hybridized carbons (Fsp3) is 0.476. The average molecular weight is 382 g/mol. The molecular weight excluding hydrogens is 356 g/mol. The molecule has 0 radical (unpaired) electrons. The molecule has 148 valence electrons. The zero-order chi connectivity index (χ0) is 19.3. The van der Waals surface area contributed by atoms with Crippen molar-refractivity contribution in [2.75, 3.05) is 13.7 Å². The Hall–Kier alpha value is -2.51. The van der Waals surface area contributed by atoms with Crippen molar-refractivity contribution >= 4 is 0 Å². The van der Waals surface area contributed by atoms with Crippen LogP contribution in [0.15, 0.2) is 35.0 Å². The first-order chi connectivity index (χ1) is 13.8. The standard InChI is InChI=1S/C21H26N4O3/c1-27-14-19-18(13-22-25(19)17-5-3-2-4-6-17)21-23-20(24-28-21)16-9-7-15(8-10-16)11-12-26/h7-10,13,17,26H,2-6,11-12,14H2,1H3. The first-order valence-electron chi connectivity index (χ1n) is 9.89. The van der Waals surface area contributed by atoms with Crippen LogP contribution in [0.3, 0.4) is 0 Å². The van der Waals surface area contributed by atoms with Gasteiger partial charge in [-0.2, -0.15) is 10.1 Å². The summed E-state index contributed by atoms with van der Waals surface area (Å²) in [4.78, 5) is 4.59. The van der Waals surface area contributed by atoms with Gasteiger partial charge >= 0.3 is 0 Å². The maximum Gasteiger partial charge on any atom is 0.261 e. The van der Waals surface area contributed by atoms with Crippen molar-refractivity contribution in [1.29, 1.82) is 0 Å². The van der Waals surface area contributed by atoms with Crippen molar-refractivity contribution in [2.45, 2.75) is 51.2 Å². The Bertz CT molecular complexity index is 895. The van der Waals surface area contributed by atoms with Crippen molar-refractivity contribution in [2.24, 2.45) is 0 Å². The van der Waals surface area contributed by atoms with Crippen molar-refractivity contribution in [3.05, 3.63) is 41.7 Å². The number of hydrogen-bond acceptors (Lipinski definition) is 6. The third kappa shape index (κ3) is 3.86. The van der Waals surface area contributed by atoms with Gasteiger partial charge in [-0.3, -0.25) is 4.68 Å². The van der Waals surface area contributed by atoms with Crippen LogP contribution in [-0.2, 0) is 17.8 Å². The van der Waals surface area contributed by atoms with E-state index in [9.17, 15) is 0 Å². The molecule has 0 amide bonds. The smallest absolute Gasteiger partial charge is 0.261 e. The normalized spacial score (nSPS) is 15.2. The number of aliphatic hydroxyl groups excluding tert-OH is 1. The first kappa shape index (κ1) is 18.8. The minimum absolute atomic E-state index is 0.138. The molecule has 1 aliphatic rings. The Morgan fingerprint density at radius 3 is 2.68 bits per heavy atom. The van der Waals surface area contributed by atoms with Crippen molar-refractivity contribution in [1.82, 2.24) is 19.9 Å². The summed E-state index contributed by atoms with van der Waals surface area (Å²) in [7, 11) is 1.69. The van der Waals surface area contributed by atoms with Gasteiger partial charge in [-0.05, 0) is 24.8 Å². The van der Waals surface area contributed by atoms with E-state index in [1.165, 1.54) is 19.3 Å². The molecule has 7 nitrogen and oxygen atoms in total. The Morgan fingerprint density at radius 1 is 1.18 bits per heavy atom. The Morgan fingerprint density at radius 2 is 1.96 bits per heavy atom. The summed E-state index contributed by atoms with van der Waals surface area (Å²) in [5.41, 5.74) is 3.78. The number of hydrogen-bond donors (Lipinski definition) is 1. The molecule has 2 heterocycles. The highest BCUT2D eigenvalue weighted by molar-refractivity contribution is 5.61. The number of ether oxygens (including phenoxy) is 1. The molecule has 0 aliphatic heterocycles. The summed E-state index contributed by atoms with van der Waals surface area (Å²) in [6.07, 6.45) is 8.52. The van der Waals surface area contributed by atoms with E-state index in [0.717, 1.165) is 35.2 Å². The van der Waals surface area contributed by atoms with Gasteiger partial charge in [-0.15, -0.1) is 0 Å². The first-order valence-corrected chi connectivity index (χ1v) is 9.89. The summed E-state index contributed by atoms with van der Waals surface area (Å²) < 4.78 is 13.1. The molecule has 1 saturated carbocycles. The minimum Gasteiger partial charge on any atom is -0.396 e. The lowest BCUT2D eigenvalue weighted by atomic mass is 9.95. The molecule has 4 rings (SSSR count). The van der Waals surface area contributed by atoms with Crippen molar-refractivity contribution in [3.8, 4) is 22.8 Å². The summed E-state index contributed by atoms with van der Waals surface area (Å²) in [5.74, 6) is 1.00. The van der Waals surface area contributed by atoms with Crippen LogP contribution in [0.1, 0.15) is 49.4 Å². The predicted octanol–water partition coefficient (Wildman–Crippen LogP) is 3.79. The molecule has 0 saturated heterocycles. The molecule has 0 atom stereocenters. The van der Waals surface area contributed by atoms with E-state index in [2.05, 4.69) is 19.9 Å². The van der Waals surface area contributed by atoms with Gasteiger partial charge < -0.3 is 14.4 Å². The van der Waals surface area contributed by atoms with Crippen LogP contribution < -0.4 is 0 Å². The fourth-order valence-electron chi connectivity index (χ4n) is 3.89. The second-order valence-electron chi connectivity index (χ2n) is 7.27. The largest absolute Gasteiger partial charge is 0.396 e. The molecule has 28 heavy (non-hydrogen) atoms. The fourth-order valence-corrected chi connectivity index (χ4v) is 3.89. The quantitative estimate of drug-likeness (QED) is 0.669. The van der Waals surface area contributed by atoms with Gasteiger partial charge in [0.1, 0.15) is 0 Å². The molecule has 2 aromatic heterocycles. The van der Waals surface area contributed by atoms with Gasteiger partial charge in [-0.25, -0.2) is 0 Å². The van der Waals surface area contributed by atoms with Crippen LogP contribution in [0, 0.1) is 0 Å². The van der Waals surface area contributed by atoms with Crippen LogP contribution in [-0.4, -0.2) is 38.7 Å². The zero-order valence-electron chi connectivity index (χ0n) is 16.2. The summed E-state index contributed by atoms with van der Waals surface area (Å²) in [6, 6.07) is 8.24. The number of benzene rings is 1. The third-order valence-corrected chi connectivity index (χ3v) is 5.37. The highest BCUT2D eigenvalue weighted by Gasteiger charge is 2.24. The average Bonchev–Trinajstić information content (AvgIpc) is 3.37. The lowest BCUT2D eigenvalue weighted by Gasteiger charge is -2.24. The van der Waals surface area contributed by atoms with E-state index in [1.54, 1.807) is 7.11 Å². The topological polar surface area (TPSA) is 86.2 Å². The van der Waals surface area contributed by atoms with E-state index in [1.807, 2.05) is 30.5 Å². The molecule has 0 unspecified atom stereocenters. The highest BCUT2D eigenvalue weighted by atomic mass is 16.5. The Labute approximate surface area is 164 Å². The molecule has 1 fully saturated rings. The van der Waals surface area contributed by atoms with E-state index >= 15 is 0 Å². The van der Waals surface area contributed by atoms with Crippen LogP contribution in [0.4, 0.5) is 0 Å². The van der Waals surface area contributed by atoms with E-state index < -0.39 is 0 Å². The van der Waals surface area contributed by atoms with E-state index in [0.29, 0.717) is 30.8 Å². The van der Waals surface area contributed by atoms with Gasteiger partial charge in [0.2, 0.25) is 5.82 Å². The number of rotatable bonds is 7. The van der Waals surface area contributed by atoms with Crippen LogP contribution >= 0.6 is 0 Å². The Balaban J connectivity index is 1.61.